The Morgan fingerprint density at radius 2 is 2.16 bits per heavy atom. The van der Waals surface area contributed by atoms with Gasteiger partial charge in [0.05, 0.1) is 5.01 Å². The number of carboxylic acid groups (broad SMARTS) is 1. The highest BCUT2D eigenvalue weighted by atomic mass is 32.1. The largest absolute Gasteiger partial charge is 0.480 e. The Kier molecular flexibility index (Phi) is 3.84. The molecule has 1 aliphatic heterocycles. The van der Waals surface area contributed by atoms with Crippen molar-refractivity contribution in [3.05, 3.63) is 16.1 Å². The van der Waals surface area contributed by atoms with Gasteiger partial charge in [-0.25, -0.2) is 4.98 Å². The van der Waals surface area contributed by atoms with Crippen molar-refractivity contribution < 1.29 is 9.90 Å². The smallest absolute Gasteiger partial charge is 0.320 e. The van der Waals surface area contributed by atoms with E-state index in [0.29, 0.717) is 5.92 Å². The van der Waals surface area contributed by atoms with E-state index in [9.17, 15) is 9.90 Å². The van der Waals surface area contributed by atoms with Crippen molar-refractivity contribution >= 4 is 17.3 Å². The zero-order chi connectivity index (χ0) is 13.2. The van der Waals surface area contributed by atoms with Crippen LogP contribution in [-0.4, -0.2) is 33.5 Å². The third-order valence-electron chi connectivity index (χ3n) is 4.28. The van der Waals surface area contributed by atoms with E-state index >= 15 is 0 Å². The average molecular weight is 280 g/mol. The summed E-state index contributed by atoms with van der Waals surface area (Å²) in [5.74, 6) is -0.0226. The fourth-order valence-electron chi connectivity index (χ4n) is 3.25. The lowest BCUT2D eigenvalue weighted by atomic mass is 10.1. The summed E-state index contributed by atoms with van der Waals surface area (Å²) in [6.45, 7) is 1.65. The lowest BCUT2D eigenvalue weighted by Crippen LogP contribution is -2.35. The van der Waals surface area contributed by atoms with Gasteiger partial charge < -0.3 is 5.11 Å². The Morgan fingerprint density at radius 3 is 2.89 bits per heavy atom. The second-order valence-electron chi connectivity index (χ2n) is 5.61. The van der Waals surface area contributed by atoms with E-state index in [1.165, 1.54) is 35.6 Å². The molecule has 1 saturated heterocycles. The summed E-state index contributed by atoms with van der Waals surface area (Å²) in [4.78, 5) is 19.0. The molecule has 1 aromatic heterocycles. The minimum absolute atomic E-state index is 0.294. The average Bonchev–Trinajstić information content (AvgIpc) is 3.09. The van der Waals surface area contributed by atoms with Gasteiger partial charge in [0.25, 0.3) is 0 Å². The molecule has 19 heavy (non-hydrogen) atoms. The second-order valence-corrected chi connectivity index (χ2v) is 6.76. The molecule has 4 nitrogen and oxygen atoms in total. The van der Waals surface area contributed by atoms with Crippen LogP contribution in [0.4, 0.5) is 0 Å². The normalized spacial score (nSPS) is 25.2. The molecular formula is C14H20N2O2S. The van der Waals surface area contributed by atoms with Gasteiger partial charge in [0, 0.05) is 23.5 Å². The van der Waals surface area contributed by atoms with E-state index in [0.717, 1.165) is 25.9 Å². The van der Waals surface area contributed by atoms with Crippen molar-refractivity contribution in [3.8, 4) is 0 Å². The number of hydrogen-bond donors (Lipinski definition) is 1. The fraction of sp³-hybridized carbons (Fsp3) is 0.714. The highest BCUT2D eigenvalue weighted by Crippen LogP contribution is 2.36. The maximum atomic E-state index is 11.2. The summed E-state index contributed by atoms with van der Waals surface area (Å²) >= 11 is 1.79. The van der Waals surface area contributed by atoms with Crippen LogP contribution >= 0.6 is 11.3 Å². The predicted octanol–water partition coefficient (Wildman–Crippen LogP) is 2.85. The van der Waals surface area contributed by atoms with E-state index in [-0.39, 0.29) is 6.04 Å². The number of nitrogens with zero attached hydrogens (tertiary/aromatic N) is 2. The SMILES string of the molecule is O=C(O)[C@H]1CCCN1Cc1cnc(C2CCCC2)s1. The molecule has 0 bridgehead atoms. The van der Waals surface area contributed by atoms with Crippen LogP contribution in [0.25, 0.3) is 0 Å². The van der Waals surface area contributed by atoms with Crippen LogP contribution in [0.15, 0.2) is 6.20 Å². The van der Waals surface area contributed by atoms with Gasteiger partial charge in [-0.2, -0.15) is 0 Å². The molecular weight excluding hydrogens is 260 g/mol. The monoisotopic (exact) mass is 280 g/mol. The maximum absolute atomic E-state index is 11.2. The molecule has 2 fully saturated rings. The third-order valence-corrected chi connectivity index (χ3v) is 5.43. The van der Waals surface area contributed by atoms with Crippen LogP contribution in [0.5, 0.6) is 0 Å². The molecule has 1 saturated carbocycles. The van der Waals surface area contributed by atoms with Crippen LogP contribution < -0.4 is 0 Å². The summed E-state index contributed by atoms with van der Waals surface area (Å²) in [6, 6.07) is -0.294. The highest BCUT2D eigenvalue weighted by Gasteiger charge is 2.31. The van der Waals surface area contributed by atoms with E-state index < -0.39 is 5.97 Å². The van der Waals surface area contributed by atoms with Crippen LogP contribution in [0.1, 0.15) is 54.3 Å². The molecule has 5 heteroatoms. The number of thiazole rings is 1. The first-order valence-electron chi connectivity index (χ1n) is 7.15. The maximum Gasteiger partial charge on any atom is 0.320 e. The molecule has 0 aromatic carbocycles. The van der Waals surface area contributed by atoms with Gasteiger partial charge in [-0.3, -0.25) is 9.69 Å². The summed E-state index contributed by atoms with van der Waals surface area (Å²) in [5.41, 5.74) is 0. The molecule has 3 rings (SSSR count). The summed E-state index contributed by atoms with van der Waals surface area (Å²) in [5, 5.41) is 10.4. The number of aromatic nitrogens is 1. The molecule has 0 unspecified atom stereocenters. The summed E-state index contributed by atoms with van der Waals surface area (Å²) in [7, 11) is 0. The second kappa shape index (κ2) is 5.59. The predicted molar refractivity (Wildman–Crippen MR) is 74.4 cm³/mol. The molecule has 104 valence electrons. The number of aliphatic carboxylic acids is 1. The number of likely N-dealkylation sites (tertiary alicyclic amines) is 1. The molecule has 0 spiro atoms. The molecule has 2 aliphatic rings. The van der Waals surface area contributed by atoms with Gasteiger partial charge in [-0.1, -0.05) is 12.8 Å². The zero-order valence-electron chi connectivity index (χ0n) is 11.0. The van der Waals surface area contributed by atoms with Crippen LogP contribution in [-0.2, 0) is 11.3 Å². The van der Waals surface area contributed by atoms with Crippen LogP contribution in [0.2, 0.25) is 0 Å². The molecule has 1 aliphatic carbocycles. The first kappa shape index (κ1) is 13.1. The van der Waals surface area contributed by atoms with Crippen LogP contribution in [0.3, 0.4) is 0 Å². The van der Waals surface area contributed by atoms with E-state index in [4.69, 9.17) is 0 Å². The van der Waals surface area contributed by atoms with Gasteiger partial charge in [0.1, 0.15) is 6.04 Å². The van der Waals surface area contributed by atoms with Gasteiger partial charge in [-0.15, -0.1) is 11.3 Å². The first-order valence-corrected chi connectivity index (χ1v) is 7.97. The molecule has 0 amide bonds. The Morgan fingerprint density at radius 1 is 1.37 bits per heavy atom. The highest BCUT2D eigenvalue weighted by molar-refractivity contribution is 7.11. The molecule has 2 heterocycles. The topological polar surface area (TPSA) is 53.4 Å². The van der Waals surface area contributed by atoms with E-state index in [1.54, 1.807) is 11.3 Å². The quantitative estimate of drug-likeness (QED) is 0.921. The zero-order valence-corrected chi connectivity index (χ0v) is 11.9. The van der Waals surface area contributed by atoms with Crippen molar-refractivity contribution in [2.24, 2.45) is 0 Å². The van der Waals surface area contributed by atoms with Crippen molar-refractivity contribution in [2.75, 3.05) is 6.54 Å². The first-order chi connectivity index (χ1) is 9.24. The summed E-state index contributed by atoms with van der Waals surface area (Å²) in [6.07, 6.45) is 8.92. The van der Waals surface area contributed by atoms with Gasteiger partial charge in [-0.05, 0) is 32.2 Å². The Bertz CT molecular complexity index is 454. The lowest BCUT2D eigenvalue weighted by Gasteiger charge is -2.19. The minimum Gasteiger partial charge on any atom is -0.480 e. The van der Waals surface area contributed by atoms with Crippen molar-refractivity contribution in [3.63, 3.8) is 0 Å². The standard InChI is InChI=1S/C14H20N2O2S/c17-14(18)12-6-3-7-16(12)9-11-8-15-13(19-11)10-4-1-2-5-10/h8,10,12H,1-7,9H2,(H,17,18)/t12-/m1/s1. The molecule has 0 radical (unpaired) electrons. The van der Waals surface area contributed by atoms with Crippen LogP contribution in [0, 0.1) is 0 Å². The Hall–Kier alpha value is -0.940. The Labute approximate surface area is 117 Å². The van der Waals surface area contributed by atoms with Gasteiger partial charge in [0.15, 0.2) is 0 Å². The minimum atomic E-state index is -0.682. The molecule has 1 aromatic rings. The number of carbonyl (C=O) groups is 1. The third kappa shape index (κ3) is 2.82. The lowest BCUT2D eigenvalue weighted by molar-refractivity contribution is -0.142. The van der Waals surface area contributed by atoms with Crippen molar-refractivity contribution in [2.45, 2.75) is 57.0 Å². The van der Waals surface area contributed by atoms with E-state index in [2.05, 4.69) is 9.88 Å². The van der Waals surface area contributed by atoms with Gasteiger partial charge in [0.2, 0.25) is 0 Å². The van der Waals surface area contributed by atoms with E-state index in [1.807, 2.05) is 6.20 Å². The number of carboxylic acids is 1. The fourth-order valence-corrected chi connectivity index (χ4v) is 4.36. The van der Waals surface area contributed by atoms with Crippen molar-refractivity contribution in [1.29, 1.82) is 0 Å². The van der Waals surface area contributed by atoms with Gasteiger partial charge >= 0.3 is 5.97 Å². The number of hydrogen-bond acceptors (Lipinski definition) is 4. The summed E-state index contributed by atoms with van der Waals surface area (Å²) < 4.78 is 0. The molecule has 1 atom stereocenters. The number of rotatable bonds is 4. The Balaban J connectivity index is 1.65. The molecule has 1 N–H and O–H groups in total. The van der Waals surface area contributed by atoms with Crippen molar-refractivity contribution in [1.82, 2.24) is 9.88 Å².